The lowest BCUT2D eigenvalue weighted by molar-refractivity contribution is 0.0157. The van der Waals surface area contributed by atoms with Crippen molar-refractivity contribution < 1.29 is 13.2 Å². The Bertz CT molecular complexity index is 1170. The minimum Gasteiger partial charge on any atom is -0.376 e. The fraction of sp³-hybridized carbons (Fsp3) is 0.480. The Morgan fingerprint density at radius 1 is 1.12 bits per heavy atom. The second-order valence-electron chi connectivity index (χ2n) is 9.37. The van der Waals surface area contributed by atoms with Crippen LogP contribution < -0.4 is 9.62 Å². The Morgan fingerprint density at radius 3 is 2.67 bits per heavy atom. The van der Waals surface area contributed by atoms with Crippen LogP contribution in [0.1, 0.15) is 43.6 Å². The first-order chi connectivity index (χ1) is 16.0. The van der Waals surface area contributed by atoms with Crippen molar-refractivity contribution in [1.82, 2.24) is 14.7 Å². The SMILES string of the molecule is CS(=O)(=O)N[C@H]1CCN(c2cnc3cc[nH]c3c2)[C@H]1CO[C@H]1CC[C@@H](c2ccccc2)CC1. The third kappa shape index (κ3) is 5.23. The van der Waals surface area contributed by atoms with Gasteiger partial charge < -0.3 is 14.6 Å². The highest BCUT2D eigenvalue weighted by Crippen LogP contribution is 2.35. The van der Waals surface area contributed by atoms with Crippen molar-refractivity contribution in [2.45, 2.75) is 56.2 Å². The number of aromatic nitrogens is 2. The molecule has 1 aliphatic carbocycles. The highest BCUT2D eigenvalue weighted by molar-refractivity contribution is 7.88. The molecule has 1 aliphatic heterocycles. The number of H-pyrrole nitrogens is 1. The van der Waals surface area contributed by atoms with Crippen LogP contribution in [0, 0.1) is 0 Å². The summed E-state index contributed by atoms with van der Waals surface area (Å²) >= 11 is 0. The van der Waals surface area contributed by atoms with Crippen LogP contribution in [-0.4, -0.2) is 56.0 Å². The lowest BCUT2D eigenvalue weighted by Gasteiger charge is -2.33. The molecule has 2 atom stereocenters. The van der Waals surface area contributed by atoms with Crippen molar-refractivity contribution in [3.8, 4) is 0 Å². The number of hydrogen-bond donors (Lipinski definition) is 2. The van der Waals surface area contributed by atoms with Crippen molar-refractivity contribution in [3.05, 3.63) is 60.4 Å². The summed E-state index contributed by atoms with van der Waals surface area (Å²) in [5.74, 6) is 0.604. The van der Waals surface area contributed by atoms with Gasteiger partial charge in [-0.1, -0.05) is 30.3 Å². The van der Waals surface area contributed by atoms with Gasteiger partial charge >= 0.3 is 0 Å². The predicted octanol–water partition coefficient (Wildman–Crippen LogP) is 3.80. The summed E-state index contributed by atoms with van der Waals surface area (Å²) < 4.78 is 33.3. The maximum Gasteiger partial charge on any atom is 0.209 e. The van der Waals surface area contributed by atoms with E-state index < -0.39 is 10.0 Å². The van der Waals surface area contributed by atoms with Gasteiger partial charge in [-0.2, -0.15) is 0 Å². The Hall–Kier alpha value is -2.42. The number of aromatic amines is 1. The number of ether oxygens (including phenoxy) is 1. The van der Waals surface area contributed by atoms with Gasteiger partial charge in [0.05, 0.1) is 47.9 Å². The Labute approximate surface area is 195 Å². The van der Waals surface area contributed by atoms with Crippen LogP contribution in [0.3, 0.4) is 0 Å². The van der Waals surface area contributed by atoms with Crippen LogP contribution in [0.25, 0.3) is 11.0 Å². The summed E-state index contributed by atoms with van der Waals surface area (Å²) in [5.41, 5.74) is 4.31. The van der Waals surface area contributed by atoms with Gasteiger partial charge in [0.15, 0.2) is 0 Å². The summed E-state index contributed by atoms with van der Waals surface area (Å²) in [6.45, 7) is 1.26. The molecule has 2 N–H and O–H groups in total. The molecule has 2 aliphatic rings. The van der Waals surface area contributed by atoms with E-state index in [1.807, 2.05) is 18.5 Å². The topological polar surface area (TPSA) is 87.3 Å². The number of fused-ring (bicyclic) bond motifs is 1. The summed E-state index contributed by atoms with van der Waals surface area (Å²) in [4.78, 5) is 10.0. The molecule has 2 fully saturated rings. The number of hydrogen-bond acceptors (Lipinski definition) is 5. The van der Waals surface area contributed by atoms with E-state index in [1.165, 1.54) is 11.8 Å². The fourth-order valence-corrected chi connectivity index (χ4v) is 6.22. The summed E-state index contributed by atoms with van der Waals surface area (Å²) in [5, 5.41) is 0. The van der Waals surface area contributed by atoms with Crippen molar-refractivity contribution in [1.29, 1.82) is 0 Å². The molecular weight excluding hydrogens is 436 g/mol. The van der Waals surface area contributed by atoms with E-state index in [4.69, 9.17) is 4.74 Å². The lowest BCUT2D eigenvalue weighted by atomic mass is 9.83. The van der Waals surface area contributed by atoms with Gasteiger partial charge in [0, 0.05) is 18.8 Å². The monoisotopic (exact) mass is 468 g/mol. The largest absolute Gasteiger partial charge is 0.376 e. The number of rotatable bonds is 7. The number of benzene rings is 1. The molecule has 0 spiro atoms. The zero-order valence-electron chi connectivity index (χ0n) is 19.0. The van der Waals surface area contributed by atoms with E-state index >= 15 is 0 Å². The first-order valence-electron chi connectivity index (χ1n) is 11.8. The van der Waals surface area contributed by atoms with Crippen LogP contribution in [0.5, 0.6) is 0 Å². The van der Waals surface area contributed by atoms with E-state index in [0.29, 0.717) is 12.5 Å². The maximum absolute atomic E-state index is 12.0. The van der Waals surface area contributed by atoms with E-state index in [-0.39, 0.29) is 18.2 Å². The number of sulfonamides is 1. The number of anilines is 1. The third-order valence-electron chi connectivity index (χ3n) is 7.07. The van der Waals surface area contributed by atoms with Crippen LogP contribution >= 0.6 is 0 Å². The zero-order valence-corrected chi connectivity index (χ0v) is 19.8. The average Bonchev–Trinajstić information content (AvgIpc) is 3.44. The molecule has 0 bridgehead atoms. The smallest absolute Gasteiger partial charge is 0.209 e. The molecule has 8 heteroatoms. The van der Waals surface area contributed by atoms with Crippen molar-refractivity contribution >= 4 is 26.7 Å². The minimum atomic E-state index is -3.31. The Morgan fingerprint density at radius 2 is 1.91 bits per heavy atom. The fourth-order valence-electron chi connectivity index (χ4n) is 5.40. The average molecular weight is 469 g/mol. The normalized spacial score (nSPS) is 26.2. The van der Waals surface area contributed by atoms with Gasteiger partial charge in [0.2, 0.25) is 10.0 Å². The molecule has 5 rings (SSSR count). The molecule has 3 heterocycles. The van der Waals surface area contributed by atoms with Crippen molar-refractivity contribution in [2.75, 3.05) is 24.3 Å². The van der Waals surface area contributed by atoms with Gasteiger partial charge in [0.1, 0.15) is 0 Å². The number of nitrogens with one attached hydrogen (secondary N) is 2. The standard InChI is InChI=1S/C25H32N4O3S/c1-33(30,31)28-23-12-14-29(20-15-24-22(27-16-20)11-13-26-24)25(23)17-32-21-9-7-19(8-10-21)18-5-3-2-4-6-18/h2-6,11,13,15-16,19,21,23,25-26,28H,7-10,12,14,17H2,1H3/t19-,21+,23-,25-/m0/s1. The molecule has 1 aromatic carbocycles. The molecule has 3 aromatic rings. The zero-order chi connectivity index (χ0) is 22.8. The Kier molecular flexibility index (Phi) is 6.40. The molecule has 2 aromatic heterocycles. The van der Waals surface area contributed by atoms with E-state index in [9.17, 15) is 8.42 Å². The molecule has 7 nitrogen and oxygen atoms in total. The molecule has 1 saturated heterocycles. The van der Waals surface area contributed by atoms with Crippen LogP contribution in [-0.2, 0) is 14.8 Å². The van der Waals surface area contributed by atoms with Crippen molar-refractivity contribution in [3.63, 3.8) is 0 Å². The summed E-state index contributed by atoms with van der Waals surface area (Å²) in [7, 11) is -3.31. The Balaban J connectivity index is 1.26. The molecule has 1 saturated carbocycles. The van der Waals surface area contributed by atoms with Crippen LogP contribution in [0.4, 0.5) is 5.69 Å². The molecule has 33 heavy (non-hydrogen) atoms. The van der Waals surface area contributed by atoms with Crippen molar-refractivity contribution in [2.24, 2.45) is 0 Å². The maximum atomic E-state index is 12.0. The molecule has 176 valence electrons. The van der Waals surface area contributed by atoms with E-state index in [2.05, 4.69) is 56.0 Å². The lowest BCUT2D eigenvalue weighted by Crippen LogP contribution is -2.48. The van der Waals surface area contributed by atoms with Gasteiger partial charge in [-0.05, 0) is 55.7 Å². The van der Waals surface area contributed by atoms with Gasteiger partial charge in [-0.3, -0.25) is 4.98 Å². The van der Waals surface area contributed by atoms with Gasteiger partial charge in [-0.25, -0.2) is 13.1 Å². The first-order valence-corrected chi connectivity index (χ1v) is 13.7. The van der Waals surface area contributed by atoms with E-state index in [0.717, 1.165) is 55.4 Å². The van der Waals surface area contributed by atoms with Crippen LogP contribution in [0.15, 0.2) is 54.9 Å². The molecule has 0 unspecified atom stereocenters. The van der Waals surface area contributed by atoms with Gasteiger partial charge in [0.25, 0.3) is 0 Å². The van der Waals surface area contributed by atoms with Gasteiger partial charge in [-0.15, -0.1) is 0 Å². The molecule has 0 amide bonds. The quantitative estimate of drug-likeness (QED) is 0.551. The second kappa shape index (κ2) is 9.44. The highest BCUT2D eigenvalue weighted by atomic mass is 32.2. The summed E-state index contributed by atoms with van der Waals surface area (Å²) in [6.07, 6.45) is 10.3. The highest BCUT2D eigenvalue weighted by Gasteiger charge is 2.37. The molecule has 0 radical (unpaired) electrons. The van der Waals surface area contributed by atoms with E-state index in [1.54, 1.807) is 0 Å². The second-order valence-corrected chi connectivity index (χ2v) is 11.1. The number of nitrogens with zero attached hydrogens (tertiary/aromatic N) is 2. The number of pyridine rings is 1. The first kappa shape index (κ1) is 22.4. The predicted molar refractivity (Wildman–Crippen MR) is 131 cm³/mol. The van der Waals surface area contributed by atoms with Crippen LogP contribution in [0.2, 0.25) is 0 Å². The summed E-state index contributed by atoms with van der Waals surface area (Å²) in [6, 6.07) is 14.5. The third-order valence-corrected chi connectivity index (χ3v) is 7.81. The molecular formula is C25H32N4O3S. The minimum absolute atomic E-state index is 0.0687.